The fraction of sp³-hybridized carbons (Fsp3) is 0.800. The molecule has 1 aliphatic heterocycles. The highest BCUT2D eigenvalue weighted by molar-refractivity contribution is 7.80. The molecule has 0 atom stereocenters. The third-order valence-corrected chi connectivity index (χ3v) is 3.81. The summed E-state index contributed by atoms with van der Waals surface area (Å²) in [6, 6.07) is 0. The minimum absolute atomic E-state index is 0.441. The van der Waals surface area contributed by atoms with Crippen LogP contribution in [-0.4, -0.2) is 27.6 Å². The maximum Gasteiger partial charge on any atom is 0.0667 e. The van der Waals surface area contributed by atoms with Gasteiger partial charge in [0.25, 0.3) is 0 Å². The Morgan fingerprint density at radius 3 is 1.50 bits per heavy atom. The summed E-state index contributed by atoms with van der Waals surface area (Å²) in [6.45, 7) is 7.79. The summed E-state index contributed by atoms with van der Waals surface area (Å²) >= 11 is 8.61. The van der Waals surface area contributed by atoms with Gasteiger partial charge in [-0.25, -0.2) is 0 Å². The molecule has 0 amide bonds. The van der Waals surface area contributed by atoms with Crippen LogP contribution in [0.5, 0.6) is 0 Å². The molecule has 81 valence electrons. The van der Waals surface area contributed by atoms with Crippen molar-refractivity contribution in [3.63, 3.8) is 0 Å². The summed E-state index contributed by atoms with van der Waals surface area (Å²) in [6.07, 6.45) is 0. The molecule has 1 radical (unpaired) electrons. The van der Waals surface area contributed by atoms with Crippen LogP contribution in [0.4, 0.5) is 0 Å². The third-order valence-electron chi connectivity index (χ3n) is 3.17. The Kier molecular flexibility index (Phi) is 3.32. The van der Waals surface area contributed by atoms with Crippen molar-refractivity contribution in [3.05, 3.63) is 11.1 Å². The molecule has 1 aliphatic rings. The number of hydrogen-bond donors (Lipinski definition) is 2. The molecule has 0 aromatic rings. The number of thiol groups is 2. The molecule has 0 unspecified atom stereocenters. The first kappa shape index (κ1) is 12.4. The predicted octanol–water partition coefficient (Wildman–Crippen LogP) is 2.36. The largest absolute Gasteiger partial charge is 0.175 e. The lowest BCUT2D eigenvalue weighted by Crippen LogP contribution is -2.47. The third kappa shape index (κ3) is 1.52. The van der Waals surface area contributed by atoms with Crippen LogP contribution in [0.15, 0.2) is 11.1 Å². The predicted molar refractivity (Wildman–Crippen MR) is 65.4 cm³/mol. The van der Waals surface area contributed by atoms with Crippen molar-refractivity contribution in [1.29, 1.82) is 0 Å². The summed E-state index contributed by atoms with van der Waals surface area (Å²) in [5.41, 5.74) is 1.36. The molecule has 2 nitrogen and oxygen atoms in total. The summed E-state index contributed by atoms with van der Waals surface area (Å²) in [4.78, 5) is 0. The second-order valence-electron chi connectivity index (χ2n) is 4.69. The molecule has 1 rings (SSSR count). The van der Waals surface area contributed by atoms with Crippen molar-refractivity contribution < 1.29 is 5.21 Å². The van der Waals surface area contributed by atoms with E-state index in [9.17, 15) is 5.21 Å². The van der Waals surface area contributed by atoms with Crippen LogP contribution in [0.1, 0.15) is 27.7 Å². The van der Waals surface area contributed by atoms with Crippen LogP contribution in [0.25, 0.3) is 0 Å². The first-order valence-corrected chi connectivity index (χ1v) is 5.98. The highest BCUT2D eigenvalue weighted by Crippen LogP contribution is 2.44. The summed E-state index contributed by atoms with van der Waals surface area (Å²) in [7, 11) is 0. The van der Waals surface area contributed by atoms with Crippen LogP contribution < -0.4 is 0 Å². The summed E-state index contributed by atoms with van der Waals surface area (Å²) in [5.74, 6) is 1.26. The Bertz CT molecular complexity index is 245. The van der Waals surface area contributed by atoms with Crippen molar-refractivity contribution >= 4 is 25.3 Å². The van der Waals surface area contributed by atoms with Gasteiger partial charge in [-0.3, -0.25) is 0 Å². The lowest BCUT2D eigenvalue weighted by molar-refractivity contribution is -0.240. The van der Waals surface area contributed by atoms with Crippen LogP contribution in [0, 0.1) is 0 Å². The van der Waals surface area contributed by atoms with E-state index < -0.39 is 11.1 Å². The second kappa shape index (κ2) is 3.74. The lowest BCUT2D eigenvalue weighted by Gasteiger charge is -2.34. The zero-order valence-electron chi connectivity index (χ0n) is 9.16. The molecule has 0 saturated carbocycles. The number of rotatable bonds is 2. The lowest BCUT2D eigenvalue weighted by atomic mass is 9.93. The Hall–Kier alpha value is 0.360. The van der Waals surface area contributed by atoms with E-state index in [-0.39, 0.29) is 0 Å². The second-order valence-corrected chi connectivity index (χ2v) is 5.32. The monoisotopic (exact) mass is 232 g/mol. The van der Waals surface area contributed by atoms with E-state index in [1.165, 1.54) is 0 Å². The smallest absolute Gasteiger partial charge is 0.0667 e. The maximum atomic E-state index is 12.1. The van der Waals surface area contributed by atoms with E-state index in [4.69, 9.17) is 0 Å². The van der Waals surface area contributed by atoms with E-state index in [1.54, 1.807) is 0 Å². The number of hydrogen-bond acceptors (Lipinski definition) is 3. The Labute approximate surface area is 97.1 Å². The van der Waals surface area contributed by atoms with Crippen LogP contribution in [0.3, 0.4) is 0 Å². The first-order valence-electron chi connectivity index (χ1n) is 4.72. The zero-order chi connectivity index (χ0) is 11.1. The van der Waals surface area contributed by atoms with E-state index in [0.717, 1.165) is 16.2 Å². The van der Waals surface area contributed by atoms with Gasteiger partial charge in [0.1, 0.15) is 0 Å². The van der Waals surface area contributed by atoms with Gasteiger partial charge in [0.05, 0.1) is 11.1 Å². The SMILES string of the molecule is CC1(C)C(CS)=C(CS)C(C)(C)N1[O]. The summed E-state index contributed by atoms with van der Waals surface area (Å²) < 4.78 is 0. The average Bonchev–Trinajstić information content (AvgIpc) is 2.22. The molecular weight excluding hydrogens is 214 g/mol. The maximum absolute atomic E-state index is 12.1. The molecule has 0 fully saturated rings. The van der Waals surface area contributed by atoms with Crippen molar-refractivity contribution in [2.24, 2.45) is 0 Å². The van der Waals surface area contributed by atoms with Gasteiger partial charge in [-0.15, -0.1) is 10.3 Å². The summed E-state index contributed by atoms with van der Waals surface area (Å²) in [5, 5.41) is 13.3. The fourth-order valence-electron chi connectivity index (χ4n) is 2.26. The number of hydroxylamine groups is 2. The van der Waals surface area contributed by atoms with Gasteiger partial charge >= 0.3 is 0 Å². The van der Waals surface area contributed by atoms with Gasteiger partial charge in [-0.2, -0.15) is 25.3 Å². The van der Waals surface area contributed by atoms with Crippen LogP contribution in [0.2, 0.25) is 0 Å². The zero-order valence-corrected chi connectivity index (χ0v) is 11.0. The van der Waals surface area contributed by atoms with E-state index >= 15 is 0 Å². The van der Waals surface area contributed by atoms with Crippen molar-refractivity contribution in [1.82, 2.24) is 5.06 Å². The molecule has 0 saturated heterocycles. The minimum atomic E-state index is -0.441. The quantitative estimate of drug-likeness (QED) is 0.554. The number of nitrogens with zero attached hydrogens (tertiary/aromatic N) is 1. The Balaban J connectivity index is 3.28. The molecule has 0 aromatic heterocycles. The molecular formula is C10H18NOS2. The Morgan fingerprint density at radius 2 is 1.29 bits per heavy atom. The Morgan fingerprint density at radius 1 is 1.00 bits per heavy atom. The van der Waals surface area contributed by atoms with Crippen LogP contribution >= 0.6 is 25.3 Å². The van der Waals surface area contributed by atoms with Gasteiger partial charge in [-0.1, -0.05) is 0 Å². The van der Waals surface area contributed by atoms with Gasteiger partial charge in [0.15, 0.2) is 0 Å². The van der Waals surface area contributed by atoms with Gasteiger partial charge in [0, 0.05) is 11.5 Å². The van der Waals surface area contributed by atoms with Crippen LogP contribution in [-0.2, 0) is 5.21 Å². The van der Waals surface area contributed by atoms with Crippen molar-refractivity contribution in [2.45, 2.75) is 38.8 Å². The molecule has 0 N–H and O–H groups in total. The molecule has 4 heteroatoms. The normalized spacial score (nSPS) is 25.9. The van der Waals surface area contributed by atoms with Crippen molar-refractivity contribution in [2.75, 3.05) is 11.5 Å². The molecule has 0 aliphatic carbocycles. The highest BCUT2D eigenvalue weighted by Gasteiger charge is 2.50. The molecule has 0 spiro atoms. The van der Waals surface area contributed by atoms with Gasteiger partial charge < -0.3 is 0 Å². The minimum Gasteiger partial charge on any atom is -0.175 e. The van der Waals surface area contributed by atoms with Crippen molar-refractivity contribution in [3.8, 4) is 0 Å². The standard InChI is InChI=1S/C10H18NOS2/c1-9(2)7(5-13)8(6-14)10(3,4)11(9)12/h13-14H,5-6H2,1-4H3. The van der Waals surface area contributed by atoms with Gasteiger partial charge in [0.2, 0.25) is 0 Å². The average molecular weight is 232 g/mol. The van der Waals surface area contributed by atoms with E-state index in [2.05, 4.69) is 25.3 Å². The first-order chi connectivity index (χ1) is 6.30. The van der Waals surface area contributed by atoms with Gasteiger partial charge in [-0.05, 0) is 38.8 Å². The van der Waals surface area contributed by atoms with E-state index in [1.807, 2.05) is 27.7 Å². The molecule has 0 aromatic carbocycles. The van der Waals surface area contributed by atoms with E-state index in [0.29, 0.717) is 11.5 Å². The fourth-order valence-corrected chi connectivity index (χ4v) is 3.42. The highest BCUT2D eigenvalue weighted by atomic mass is 32.1. The topological polar surface area (TPSA) is 23.1 Å². The molecule has 0 bridgehead atoms. The molecule has 14 heavy (non-hydrogen) atoms. The molecule has 1 heterocycles.